The molecular weight excluding hydrogens is 284 g/mol. The van der Waals surface area contributed by atoms with E-state index >= 15 is 0 Å². The average molecular weight is 304 g/mol. The molecule has 22 heavy (non-hydrogen) atoms. The molecule has 1 heterocycles. The maximum Gasteiger partial charge on any atom is 0.327 e. The molecule has 2 rings (SSSR count). The maximum atomic E-state index is 11.7. The molecule has 3 N–H and O–H groups in total. The Kier molecular flexibility index (Phi) is 5.11. The number of nitrogen functional groups attached to an aromatic ring is 1. The van der Waals surface area contributed by atoms with Crippen molar-refractivity contribution in [1.29, 1.82) is 0 Å². The molecular formula is C15H20N4O3. The van der Waals surface area contributed by atoms with E-state index in [1.807, 2.05) is 6.92 Å². The Labute approximate surface area is 128 Å². The minimum Gasteiger partial charge on any atom is -0.465 e. The molecule has 0 radical (unpaired) electrons. The average Bonchev–Trinajstić information content (AvgIpc) is 2.90. The number of aromatic nitrogens is 3. The summed E-state index contributed by atoms with van der Waals surface area (Å²) in [6.07, 6.45) is 0.654. The van der Waals surface area contributed by atoms with Gasteiger partial charge in [0.05, 0.1) is 24.6 Å². The number of carbonyl (C=O) groups excluding carboxylic acids is 1. The van der Waals surface area contributed by atoms with Gasteiger partial charge in [-0.05, 0) is 31.0 Å². The molecule has 0 aliphatic heterocycles. The van der Waals surface area contributed by atoms with Crippen LogP contribution in [0.2, 0.25) is 0 Å². The fourth-order valence-corrected chi connectivity index (χ4v) is 2.23. The molecule has 0 aliphatic carbocycles. The number of nitrogens with zero attached hydrogens (tertiary/aromatic N) is 3. The summed E-state index contributed by atoms with van der Waals surface area (Å²) in [4.78, 5) is 11.7. The van der Waals surface area contributed by atoms with E-state index in [-0.39, 0.29) is 19.1 Å². The van der Waals surface area contributed by atoms with Crippen LogP contribution in [0.1, 0.15) is 25.1 Å². The largest absolute Gasteiger partial charge is 0.465 e. The number of hydrogen-bond acceptors (Lipinski definition) is 6. The number of aliphatic hydroxyl groups excluding tert-OH is 1. The zero-order valence-corrected chi connectivity index (χ0v) is 12.7. The monoisotopic (exact) mass is 304 g/mol. The topological polar surface area (TPSA) is 103 Å². The first-order chi connectivity index (χ1) is 10.6. The SMILES string of the molecule is CCOC(=O)Cn1nnc(CC)c1-c1cc(CO)ccc1N. The predicted molar refractivity (Wildman–Crippen MR) is 81.8 cm³/mol. The van der Waals surface area contributed by atoms with Crippen molar-refractivity contribution in [3.63, 3.8) is 0 Å². The third kappa shape index (κ3) is 3.25. The molecule has 0 saturated carbocycles. The Hall–Kier alpha value is -2.41. The minimum atomic E-state index is -0.381. The quantitative estimate of drug-likeness (QED) is 0.613. The fourth-order valence-electron chi connectivity index (χ4n) is 2.23. The minimum absolute atomic E-state index is 0.0288. The number of hydrogen-bond donors (Lipinski definition) is 2. The predicted octanol–water partition coefficient (Wildman–Crippen LogP) is 1.15. The molecule has 0 saturated heterocycles. The number of carbonyl (C=O) groups is 1. The second-order valence-electron chi connectivity index (χ2n) is 4.78. The molecule has 7 nitrogen and oxygen atoms in total. The Morgan fingerprint density at radius 1 is 1.41 bits per heavy atom. The van der Waals surface area contributed by atoms with Crippen molar-refractivity contribution >= 4 is 11.7 Å². The summed E-state index contributed by atoms with van der Waals surface area (Å²) >= 11 is 0. The highest BCUT2D eigenvalue weighted by Crippen LogP contribution is 2.29. The Balaban J connectivity index is 2.49. The van der Waals surface area contributed by atoms with Crippen LogP contribution in [0.5, 0.6) is 0 Å². The van der Waals surface area contributed by atoms with Gasteiger partial charge in [0.25, 0.3) is 0 Å². The summed E-state index contributed by atoms with van der Waals surface area (Å²) < 4.78 is 6.45. The molecule has 0 bridgehead atoms. The number of benzene rings is 1. The molecule has 1 aromatic carbocycles. The lowest BCUT2D eigenvalue weighted by Gasteiger charge is -2.11. The van der Waals surface area contributed by atoms with Gasteiger partial charge in [-0.2, -0.15) is 0 Å². The van der Waals surface area contributed by atoms with Crippen molar-refractivity contribution in [1.82, 2.24) is 15.0 Å². The summed E-state index contributed by atoms with van der Waals surface area (Å²) in [5.74, 6) is -0.381. The number of rotatable bonds is 6. The van der Waals surface area contributed by atoms with Crippen molar-refractivity contribution in [2.45, 2.75) is 33.4 Å². The smallest absolute Gasteiger partial charge is 0.327 e. The highest BCUT2D eigenvalue weighted by Gasteiger charge is 2.18. The normalized spacial score (nSPS) is 10.7. The number of anilines is 1. The molecule has 1 aromatic heterocycles. The first-order valence-electron chi connectivity index (χ1n) is 7.18. The third-order valence-electron chi connectivity index (χ3n) is 3.28. The molecule has 2 aromatic rings. The Morgan fingerprint density at radius 2 is 2.18 bits per heavy atom. The highest BCUT2D eigenvalue weighted by molar-refractivity contribution is 5.77. The summed E-state index contributed by atoms with van der Waals surface area (Å²) in [5.41, 5.74) is 9.45. The second-order valence-corrected chi connectivity index (χ2v) is 4.78. The van der Waals surface area contributed by atoms with Crippen molar-refractivity contribution < 1.29 is 14.6 Å². The van der Waals surface area contributed by atoms with E-state index in [0.29, 0.717) is 30.0 Å². The standard InChI is InChI=1S/C15H20N4O3/c1-3-13-15(11-7-10(9-20)5-6-12(11)16)19(18-17-13)8-14(21)22-4-2/h5-7,20H,3-4,8-9,16H2,1-2H3. The molecule has 0 spiro atoms. The molecule has 118 valence electrons. The van der Waals surface area contributed by atoms with Crippen LogP contribution in [0.4, 0.5) is 5.69 Å². The van der Waals surface area contributed by atoms with Crippen LogP contribution >= 0.6 is 0 Å². The van der Waals surface area contributed by atoms with E-state index in [1.165, 1.54) is 4.68 Å². The molecule has 0 fully saturated rings. The van der Waals surface area contributed by atoms with Gasteiger partial charge in [-0.1, -0.05) is 18.2 Å². The second kappa shape index (κ2) is 7.04. The van der Waals surface area contributed by atoms with Crippen LogP contribution in [0, 0.1) is 0 Å². The molecule has 0 unspecified atom stereocenters. The lowest BCUT2D eigenvalue weighted by atomic mass is 10.0. The van der Waals surface area contributed by atoms with Crippen LogP contribution < -0.4 is 5.73 Å². The van der Waals surface area contributed by atoms with Crippen molar-refractivity contribution in [2.75, 3.05) is 12.3 Å². The number of esters is 1. The summed E-state index contributed by atoms with van der Waals surface area (Å²) in [6, 6.07) is 5.26. The highest BCUT2D eigenvalue weighted by atomic mass is 16.5. The van der Waals surface area contributed by atoms with Gasteiger partial charge in [-0.15, -0.1) is 5.10 Å². The zero-order valence-electron chi connectivity index (χ0n) is 12.7. The molecule has 0 amide bonds. The van der Waals surface area contributed by atoms with E-state index in [2.05, 4.69) is 10.3 Å². The van der Waals surface area contributed by atoms with Crippen molar-refractivity contribution in [3.8, 4) is 11.3 Å². The number of nitrogens with two attached hydrogens (primary N) is 1. The van der Waals surface area contributed by atoms with Crippen LogP contribution in [0.15, 0.2) is 18.2 Å². The van der Waals surface area contributed by atoms with Crippen LogP contribution in [-0.4, -0.2) is 32.7 Å². The summed E-state index contributed by atoms with van der Waals surface area (Å²) in [5, 5.41) is 17.4. The van der Waals surface area contributed by atoms with Gasteiger partial charge in [-0.3, -0.25) is 4.79 Å². The first kappa shape index (κ1) is 16.0. The summed E-state index contributed by atoms with van der Waals surface area (Å²) in [6.45, 7) is 3.90. The maximum absolute atomic E-state index is 11.7. The first-order valence-corrected chi connectivity index (χ1v) is 7.18. The van der Waals surface area contributed by atoms with Gasteiger partial charge in [-0.25, -0.2) is 4.68 Å². The van der Waals surface area contributed by atoms with E-state index in [4.69, 9.17) is 10.5 Å². The van der Waals surface area contributed by atoms with E-state index in [1.54, 1.807) is 25.1 Å². The molecule has 0 aliphatic rings. The van der Waals surface area contributed by atoms with Crippen molar-refractivity contribution in [3.05, 3.63) is 29.5 Å². The Bertz CT molecular complexity index is 667. The Morgan fingerprint density at radius 3 is 2.82 bits per heavy atom. The van der Waals surface area contributed by atoms with E-state index < -0.39 is 0 Å². The zero-order chi connectivity index (χ0) is 16.1. The number of aryl methyl sites for hydroxylation is 1. The number of aliphatic hydroxyl groups is 1. The van der Waals surface area contributed by atoms with Gasteiger partial charge < -0.3 is 15.6 Å². The van der Waals surface area contributed by atoms with Crippen molar-refractivity contribution in [2.24, 2.45) is 0 Å². The van der Waals surface area contributed by atoms with Crippen LogP contribution in [0.3, 0.4) is 0 Å². The van der Waals surface area contributed by atoms with E-state index in [0.717, 1.165) is 11.3 Å². The van der Waals surface area contributed by atoms with Gasteiger partial charge in [0.15, 0.2) is 0 Å². The summed E-state index contributed by atoms with van der Waals surface area (Å²) in [7, 11) is 0. The van der Waals surface area contributed by atoms with Gasteiger partial charge in [0.1, 0.15) is 6.54 Å². The van der Waals surface area contributed by atoms with Crippen LogP contribution in [-0.2, 0) is 29.1 Å². The number of ether oxygens (including phenoxy) is 1. The fraction of sp³-hybridized carbons (Fsp3) is 0.400. The molecule has 7 heteroatoms. The lowest BCUT2D eigenvalue weighted by molar-refractivity contribution is -0.144. The van der Waals surface area contributed by atoms with Gasteiger partial charge >= 0.3 is 5.97 Å². The van der Waals surface area contributed by atoms with Crippen LogP contribution in [0.25, 0.3) is 11.3 Å². The van der Waals surface area contributed by atoms with E-state index in [9.17, 15) is 9.90 Å². The van der Waals surface area contributed by atoms with Gasteiger partial charge in [0.2, 0.25) is 0 Å². The third-order valence-corrected chi connectivity index (χ3v) is 3.28. The lowest BCUT2D eigenvalue weighted by Crippen LogP contribution is -2.16. The van der Waals surface area contributed by atoms with Gasteiger partial charge in [0, 0.05) is 11.3 Å². The molecule has 0 atom stereocenters.